The van der Waals surface area contributed by atoms with Crippen LogP contribution < -0.4 is 5.32 Å². The first kappa shape index (κ1) is 12.1. The van der Waals surface area contributed by atoms with Crippen molar-refractivity contribution in [3.63, 3.8) is 0 Å². The second-order valence-electron chi connectivity index (χ2n) is 5.03. The van der Waals surface area contributed by atoms with Crippen molar-refractivity contribution in [2.24, 2.45) is 0 Å². The minimum Gasteiger partial charge on any atom is -0.504 e. The van der Waals surface area contributed by atoms with Crippen LogP contribution in [-0.4, -0.2) is 16.3 Å². The summed E-state index contributed by atoms with van der Waals surface area (Å²) in [7, 11) is 0. The highest BCUT2D eigenvalue weighted by Crippen LogP contribution is 2.41. The van der Waals surface area contributed by atoms with Gasteiger partial charge in [-0.05, 0) is 18.1 Å². The Morgan fingerprint density at radius 2 is 1.79 bits per heavy atom. The summed E-state index contributed by atoms with van der Waals surface area (Å²) in [5, 5.41) is 22.6. The van der Waals surface area contributed by atoms with E-state index >= 15 is 0 Å². The van der Waals surface area contributed by atoms with Crippen molar-refractivity contribution in [3.05, 3.63) is 59.7 Å². The average Bonchev–Trinajstić information content (AvgIpc) is 3.21. The second-order valence-corrected chi connectivity index (χ2v) is 5.03. The molecule has 3 rings (SSSR count). The third-order valence-electron chi connectivity index (χ3n) is 3.67. The molecule has 0 radical (unpaired) electrons. The standard InChI is InChI=1S/C16H17NO2/c18-15-8-4-7-12(16(15)19)10-17-14-9-13(14)11-5-2-1-3-6-11/h1-8,13-14,17-19H,9-10H2. The summed E-state index contributed by atoms with van der Waals surface area (Å²) in [5.74, 6) is 0.488. The molecule has 98 valence electrons. The molecule has 3 N–H and O–H groups in total. The number of rotatable bonds is 4. The van der Waals surface area contributed by atoms with Gasteiger partial charge in [0.05, 0.1) is 0 Å². The van der Waals surface area contributed by atoms with E-state index in [1.807, 2.05) is 12.1 Å². The van der Waals surface area contributed by atoms with Crippen molar-refractivity contribution in [1.82, 2.24) is 5.32 Å². The van der Waals surface area contributed by atoms with Crippen molar-refractivity contribution >= 4 is 0 Å². The molecular formula is C16H17NO2. The predicted molar refractivity (Wildman–Crippen MR) is 74.2 cm³/mol. The molecule has 1 fully saturated rings. The summed E-state index contributed by atoms with van der Waals surface area (Å²) >= 11 is 0. The van der Waals surface area contributed by atoms with Crippen LogP contribution in [-0.2, 0) is 6.54 Å². The number of nitrogens with one attached hydrogen (secondary N) is 1. The summed E-state index contributed by atoms with van der Waals surface area (Å²) in [6.07, 6.45) is 1.13. The molecule has 1 saturated carbocycles. The lowest BCUT2D eigenvalue weighted by Crippen LogP contribution is -2.17. The average molecular weight is 255 g/mol. The first-order valence-corrected chi connectivity index (χ1v) is 6.54. The lowest BCUT2D eigenvalue weighted by atomic mass is 10.1. The molecule has 0 aromatic heterocycles. The molecule has 19 heavy (non-hydrogen) atoms. The molecule has 0 saturated heterocycles. The van der Waals surface area contributed by atoms with Crippen molar-refractivity contribution in [3.8, 4) is 11.5 Å². The van der Waals surface area contributed by atoms with Gasteiger partial charge in [0.1, 0.15) is 0 Å². The molecule has 1 aliphatic carbocycles. The van der Waals surface area contributed by atoms with Crippen LogP contribution in [0.2, 0.25) is 0 Å². The van der Waals surface area contributed by atoms with Crippen molar-refractivity contribution in [2.45, 2.75) is 24.9 Å². The molecule has 2 aromatic rings. The smallest absolute Gasteiger partial charge is 0.161 e. The van der Waals surface area contributed by atoms with Crippen molar-refractivity contribution < 1.29 is 10.2 Å². The molecule has 3 nitrogen and oxygen atoms in total. The molecule has 2 aromatic carbocycles. The van der Waals surface area contributed by atoms with E-state index in [2.05, 4.69) is 29.6 Å². The highest BCUT2D eigenvalue weighted by atomic mass is 16.3. The van der Waals surface area contributed by atoms with Gasteiger partial charge in [0.2, 0.25) is 0 Å². The van der Waals surface area contributed by atoms with E-state index in [1.165, 1.54) is 11.6 Å². The Labute approximate surface area is 112 Å². The Bertz CT molecular complexity index is 568. The van der Waals surface area contributed by atoms with Crippen LogP contribution in [0.4, 0.5) is 0 Å². The summed E-state index contributed by atoms with van der Waals surface area (Å²) in [5.41, 5.74) is 2.10. The molecule has 3 heteroatoms. The lowest BCUT2D eigenvalue weighted by Gasteiger charge is -2.07. The normalized spacial score (nSPS) is 21.3. The number of phenols is 2. The Kier molecular flexibility index (Phi) is 3.13. The Hall–Kier alpha value is -2.00. The number of phenolic OH excluding ortho intramolecular Hbond substituents is 2. The van der Waals surface area contributed by atoms with Gasteiger partial charge in [0, 0.05) is 24.1 Å². The third-order valence-corrected chi connectivity index (χ3v) is 3.67. The van der Waals surface area contributed by atoms with E-state index in [1.54, 1.807) is 6.07 Å². The zero-order valence-corrected chi connectivity index (χ0v) is 10.6. The number of hydrogen-bond acceptors (Lipinski definition) is 3. The third kappa shape index (κ3) is 2.56. The predicted octanol–water partition coefficient (Wildman–Crippen LogP) is 2.74. The molecule has 0 bridgehead atoms. The Balaban J connectivity index is 1.59. The van der Waals surface area contributed by atoms with Crippen LogP contribution in [0, 0.1) is 0 Å². The molecule has 2 atom stereocenters. The van der Waals surface area contributed by atoms with Gasteiger partial charge < -0.3 is 15.5 Å². The van der Waals surface area contributed by atoms with Gasteiger partial charge in [-0.2, -0.15) is 0 Å². The maximum atomic E-state index is 9.72. The maximum absolute atomic E-state index is 9.72. The molecular weight excluding hydrogens is 238 g/mol. The van der Waals surface area contributed by atoms with E-state index in [9.17, 15) is 10.2 Å². The quantitative estimate of drug-likeness (QED) is 0.736. The highest BCUT2D eigenvalue weighted by Gasteiger charge is 2.37. The zero-order chi connectivity index (χ0) is 13.2. The fourth-order valence-electron chi connectivity index (χ4n) is 2.45. The van der Waals surface area contributed by atoms with Gasteiger partial charge in [-0.15, -0.1) is 0 Å². The summed E-state index contributed by atoms with van der Waals surface area (Å²) in [6, 6.07) is 16.0. The van der Waals surface area contributed by atoms with Crippen LogP contribution in [0.15, 0.2) is 48.5 Å². The van der Waals surface area contributed by atoms with Gasteiger partial charge in [0.25, 0.3) is 0 Å². The zero-order valence-electron chi connectivity index (χ0n) is 10.6. The molecule has 0 spiro atoms. The SMILES string of the molecule is Oc1cccc(CNC2CC2c2ccccc2)c1O. The summed E-state index contributed by atoms with van der Waals surface area (Å²) in [4.78, 5) is 0. The number of aromatic hydroxyl groups is 2. The minimum absolute atomic E-state index is 0.0214. The fraction of sp³-hybridized carbons (Fsp3) is 0.250. The molecule has 1 aliphatic rings. The summed E-state index contributed by atoms with van der Waals surface area (Å²) in [6.45, 7) is 0.578. The first-order valence-electron chi connectivity index (χ1n) is 6.54. The van der Waals surface area contributed by atoms with Gasteiger partial charge in [-0.3, -0.25) is 0 Å². The van der Waals surface area contributed by atoms with E-state index in [4.69, 9.17) is 0 Å². The second kappa shape index (κ2) is 4.94. The minimum atomic E-state index is -0.0605. The molecule has 0 aliphatic heterocycles. The first-order chi connectivity index (χ1) is 9.25. The molecule has 0 heterocycles. The Morgan fingerprint density at radius 1 is 1.00 bits per heavy atom. The van der Waals surface area contributed by atoms with E-state index in [-0.39, 0.29) is 11.5 Å². The van der Waals surface area contributed by atoms with Gasteiger partial charge in [-0.1, -0.05) is 42.5 Å². The van der Waals surface area contributed by atoms with E-state index in [0.29, 0.717) is 18.5 Å². The maximum Gasteiger partial charge on any atom is 0.161 e. The fourth-order valence-corrected chi connectivity index (χ4v) is 2.45. The summed E-state index contributed by atoms with van der Waals surface area (Å²) < 4.78 is 0. The number of hydrogen-bond donors (Lipinski definition) is 3. The number of benzene rings is 2. The monoisotopic (exact) mass is 255 g/mol. The van der Waals surface area contributed by atoms with E-state index < -0.39 is 0 Å². The van der Waals surface area contributed by atoms with Crippen molar-refractivity contribution in [1.29, 1.82) is 0 Å². The van der Waals surface area contributed by atoms with Crippen molar-refractivity contribution in [2.75, 3.05) is 0 Å². The van der Waals surface area contributed by atoms with Gasteiger partial charge >= 0.3 is 0 Å². The van der Waals surface area contributed by atoms with Crippen LogP contribution in [0.5, 0.6) is 11.5 Å². The molecule has 0 amide bonds. The lowest BCUT2D eigenvalue weighted by molar-refractivity contribution is 0.397. The van der Waals surface area contributed by atoms with Crippen LogP contribution in [0.25, 0.3) is 0 Å². The van der Waals surface area contributed by atoms with Gasteiger partial charge in [-0.25, -0.2) is 0 Å². The van der Waals surface area contributed by atoms with Crippen LogP contribution in [0.3, 0.4) is 0 Å². The van der Waals surface area contributed by atoms with Crippen LogP contribution in [0.1, 0.15) is 23.5 Å². The van der Waals surface area contributed by atoms with Gasteiger partial charge in [0.15, 0.2) is 11.5 Å². The topological polar surface area (TPSA) is 52.5 Å². The number of para-hydroxylation sites is 1. The molecule has 2 unspecified atom stereocenters. The Morgan fingerprint density at radius 3 is 2.58 bits per heavy atom. The highest BCUT2D eigenvalue weighted by molar-refractivity contribution is 5.44. The van der Waals surface area contributed by atoms with Crippen LogP contribution >= 0.6 is 0 Å². The largest absolute Gasteiger partial charge is 0.504 e. The van der Waals surface area contributed by atoms with E-state index in [0.717, 1.165) is 12.0 Å².